The van der Waals surface area contributed by atoms with Gasteiger partial charge in [0.05, 0.1) is 5.02 Å². The van der Waals surface area contributed by atoms with Crippen LogP contribution in [-0.2, 0) is 0 Å². The highest BCUT2D eigenvalue weighted by atomic mass is 35.5. The standard InChI is InChI=1S/C7H4ClN3O/c8-4-3-5(12)11-7-6(4)9-1-2-10-7/h1-3H,(H,10,11,12). The van der Waals surface area contributed by atoms with E-state index in [1.807, 2.05) is 0 Å². The highest BCUT2D eigenvalue weighted by molar-refractivity contribution is 6.34. The van der Waals surface area contributed by atoms with E-state index in [-0.39, 0.29) is 5.56 Å². The van der Waals surface area contributed by atoms with Gasteiger partial charge in [0, 0.05) is 18.5 Å². The molecule has 2 rings (SSSR count). The second-order valence-corrected chi connectivity index (χ2v) is 2.64. The van der Waals surface area contributed by atoms with Gasteiger partial charge in [-0.05, 0) is 0 Å². The Hall–Kier alpha value is -1.42. The normalized spacial score (nSPS) is 10.4. The third-order valence-corrected chi connectivity index (χ3v) is 1.71. The van der Waals surface area contributed by atoms with E-state index in [2.05, 4.69) is 15.0 Å². The highest BCUT2D eigenvalue weighted by Crippen LogP contribution is 2.13. The monoisotopic (exact) mass is 181 g/mol. The average Bonchev–Trinajstić information content (AvgIpc) is 2.04. The van der Waals surface area contributed by atoms with Crippen molar-refractivity contribution in [3.05, 3.63) is 33.8 Å². The van der Waals surface area contributed by atoms with Crippen LogP contribution in [0.4, 0.5) is 0 Å². The Bertz CT molecular complexity index is 479. The Morgan fingerprint density at radius 3 is 2.92 bits per heavy atom. The minimum absolute atomic E-state index is 0.270. The van der Waals surface area contributed by atoms with Crippen LogP contribution in [0.25, 0.3) is 11.2 Å². The summed E-state index contributed by atoms with van der Waals surface area (Å²) in [6.07, 6.45) is 3.02. The molecule has 0 saturated heterocycles. The summed E-state index contributed by atoms with van der Waals surface area (Å²) < 4.78 is 0. The van der Waals surface area contributed by atoms with Crippen LogP contribution in [0.2, 0.25) is 5.02 Å². The van der Waals surface area contributed by atoms with Gasteiger partial charge in [-0.15, -0.1) is 0 Å². The van der Waals surface area contributed by atoms with Gasteiger partial charge in [-0.25, -0.2) is 9.97 Å². The molecule has 12 heavy (non-hydrogen) atoms. The van der Waals surface area contributed by atoms with E-state index in [0.717, 1.165) is 0 Å². The number of hydrogen-bond acceptors (Lipinski definition) is 3. The second kappa shape index (κ2) is 2.57. The summed E-state index contributed by atoms with van der Waals surface area (Å²) in [5.41, 5.74) is 0.654. The molecule has 0 aliphatic rings. The molecule has 0 atom stereocenters. The van der Waals surface area contributed by atoms with Crippen molar-refractivity contribution in [3.63, 3.8) is 0 Å². The van der Waals surface area contributed by atoms with Crippen LogP contribution in [0.5, 0.6) is 0 Å². The maximum absolute atomic E-state index is 10.9. The van der Waals surface area contributed by atoms with Crippen molar-refractivity contribution in [1.29, 1.82) is 0 Å². The van der Waals surface area contributed by atoms with E-state index in [1.165, 1.54) is 18.5 Å². The fourth-order valence-corrected chi connectivity index (χ4v) is 1.18. The van der Waals surface area contributed by atoms with Crippen molar-refractivity contribution in [2.24, 2.45) is 0 Å². The molecule has 0 unspecified atom stereocenters. The molecule has 0 fully saturated rings. The van der Waals surface area contributed by atoms with Gasteiger partial charge in [-0.2, -0.15) is 0 Å². The fraction of sp³-hybridized carbons (Fsp3) is 0. The molecule has 2 aromatic heterocycles. The number of hydrogen-bond donors (Lipinski definition) is 1. The Morgan fingerprint density at radius 1 is 1.33 bits per heavy atom. The fourth-order valence-electron chi connectivity index (χ4n) is 0.941. The molecular formula is C7H4ClN3O. The number of pyridine rings is 1. The summed E-state index contributed by atoms with van der Waals surface area (Å²) in [5.74, 6) is 0. The molecule has 5 heteroatoms. The van der Waals surface area contributed by atoms with E-state index < -0.39 is 0 Å². The molecule has 60 valence electrons. The van der Waals surface area contributed by atoms with Gasteiger partial charge in [0.1, 0.15) is 5.52 Å². The summed E-state index contributed by atoms with van der Waals surface area (Å²) in [7, 11) is 0. The summed E-state index contributed by atoms with van der Waals surface area (Å²) in [6.45, 7) is 0. The molecular weight excluding hydrogens is 178 g/mol. The Kier molecular flexibility index (Phi) is 1.55. The summed E-state index contributed by atoms with van der Waals surface area (Å²) in [6, 6.07) is 1.28. The first kappa shape index (κ1) is 7.24. The number of fused-ring (bicyclic) bond motifs is 1. The first-order chi connectivity index (χ1) is 5.77. The van der Waals surface area contributed by atoms with Gasteiger partial charge < -0.3 is 4.98 Å². The number of nitrogens with one attached hydrogen (secondary N) is 1. The van der Waals surface area contributed by atoms with Gasteiger partial charge >= 0.3 is 0 Å². The lowest BCUT2D eigenvalue weighted by Crippen LogP contribution is -2.05. The number of aromatic amines is 1. The van der Waals surface area contributed by atoms with Crippen LogP contribution in [-0.4, -0.2) is 15.0 Å². The van der Waals surface area contributed by atoms with Crippen molar-refractivity contribution in [2.75, 3.05) is 0 Å². The zero-order valence-electron chi connectivity index (χ0n) is 5.91. The predicted octanol–water partition coefficient (Wildman–Crippen LogP) is 0.971. The zero-order valence-corrected chi connectivity index (χ0v) is 6.67. The van der Waals surface area contributed by atoms with Gasteiger partial charge in [-0.1, -0.05) is 11.6 Å². The molecule has 2 aromatic rings. The van der Waals surface area contributed by atoms with Crippen molar-refractivity contribution in [2.45, 2.75) is 0 Å². The lowest BCUT2D eigenvalue weighted by Gasteiger charge is -1.95. The van der Waals surface area contributed by atoms with Crippen molar-refractivity contribution < 1.29 is 0 Å². The number of rotatable bonds is 0. The Morgan fingerprint density at radius 2 is 2.08 bits per heavy atom. The number of H-pyrrole nitrogens is 1. The minimum atomic E-state index is -0.270. The Balaban J connectivity index is 2.99. The van der Waals surface area contributed by atoms with Crippen LogP contribution < -0.4 is 5.56 Å². The maximum Gasteiger partial charge on any atom is 0.251 e. The van der Waals surface area contributed by atoms with Gasteiger partial charge in [0.2, 0.25) is 0 Å². The van der Waals surface area contributed by atoms with Crippen LogP contribution in [0.1, 0.15) is 0 Å². The smallest absolute Gasteiger partial charge is 0.251 e. The van der Waals surface area contributed by atoms with Gasteiger partial charge in [-0.3, -0.25) is 4.79 Å². The van der Waals surface area contributed by atoms with Crippen LogP contribution in [0.3, 0.4) is 0 Å². The second-order valence-electron chi connectivity index (χ2n) is 2.24. The lowest BCUT2D eigenvalue weighted by molar-refractivity contribution is 1.19. The summed E-state index contributed by atoms with van der Waals surface area (Å²) in [4.78, 5) is 21.3. The molecule has 0 aromatic carbocycles. The molecule has 4 nitrogen and oxygen atoms in total. The molecule has 0 bridgehead atoms. The van der Waals surface area contributed by atoms with Crippen LogP contribution in [0.15, 0.2) is 23.3 Å². The molecule has 0 saturated carbocycles. The van der Waals surface area contributed by atoms with Gasteiger partial charge in [0.25, 0.3) is 5.56 Å². The first-order valence-corrected chi connectivity index (χ1v) is 3.65. The SMILES string of the molecule is O=c1cc(Cl)c2nccnc2[nH]1. The van der Waals surface area contributed by atoms with Crippen molar-refractivity contribution in [3.8, 4) is 0 Å². The van der Waals surface area contributed by atoms with E-state index in [1.54, 1.807) is 0 Å². The number of nitrogens with zero attached hydrogens (tertiary/aromatic N) is 2. The lowest BCUT2D eigenvalue weighted by atomic mass is 10.4. The first-order valence-electron chi connectivity index (χ1n) is 3.27. The minimum Gasteiger partial charge on any atom is -0.305 e. The zero-order chi connectivity index (χ0) is 8.55. The highest BCUT2D eigenvalue weighted by Gasteiger charge is 2.01. The summed E-state index contributed by atoms with van der Waals surface area (Å²) in [5, 5.41) is 0.321. The topological polar surface area (TPSA) is 58.6 Å². The quantitative estimate of drug-likeness (QED) is 0.659. The van der Waals surface area contributed by atoms with Gasteiger partial charge in [0.15, 0.2) is 5.65 Å². The van der Waals surface area contributed by atoms with E-state index in [4.69, 9.17) is 11.6 Å². The number of halogens is 1. The maximum atomic E-state index is 10.9. The van der Waals surface area contributed by atoms with E-state index in [0.29, 0.717) is 16.2 Å². The third-order valence-electron chi connectivity index (χ3n) is 1.42. The molecule has 1 N–H and O–H groups in total. The van der Waals surface area contributed by atoms with Crippen molar-refractivity contribution in [1.82, 2.24) is 15.0 Å². The van der Waals surface area contributed by atoms with Crippen LogP contribution in [0, 0.1) is 0 Å². The molecule has 0 amide bonds. The summed E-state index contributed by atoms with van der Waals surface area (Å²) >= 11 is 5.74. The van der Waals surface area contributed by atoms with E-state index in [9.17, 15) is 4.79 Å². The average molecular weight is 182 g/mol. The molecule has 2 heterocycles. The van der Waals surface area contributed by atoms with Crippen LogP contribution >= 0.6 is 11.6 Å². The molecule has 0 spiro atoms. The predicted molar refractivity (Wildman–Crippen MR) is 45.2 cm³/mol. The largest absolute Gasteiger partial charge is 0.305 e. The van der Waals surface area contributed by atoms with E-state index >= 15 is 0 Å². The molecule has 0 aliphatic heterocycles. The molecule has 0 aliphatic carbocycles. The Labute approximate surface area is 72.2 Å². The third kappa shape index (κ3) is 1.06. The van der Waals surface area contributed by atoms with Crippen molar-refractivity contribution >= 4 is 22.8 Å². The molecule has 0 radical (unpaired) electrons. The number of aromatic nitrogens is 3.